The fraction of sp³-hybridized carbons (Fsp3) is 0.227. The molecule has 0 bridgehead atoms. The van der Waals surface area contributed by atoms with E-state index in [1.807, 2.05) is 36.4 Å². The lowest BCUT2D eigenvalue weighted by atomic mass is 9.94. The summed E-state index contributed by atoms with van der Waals surface area (Å²) in [6.07, 6.45) is 3.49. The van der Waals surface area contributed by atoms with Gasteiger partial charge < -0.3 is 4.90 Å². The molecule has 28 heavy (non-hydrogen) atoms. The van der Waals surface area contributed by atoms with Gasteiger partial charge in [0, 0.05) is 36.5 Å². The second-order valence-corrected chi connectivity index (χ2v) is 7.27. The molecule has 1 aliphatic rings. The third-order valence-electron chi connectivity index (χ3n) is 5.01. The lowest BCUT2D eigenvalue weighted by Crippen LogP contribution is -2.39. The summed E-state index contributed by atoms with van der Waals surface area (Å²) in [6.45, 7) is 1.06. The van der Waals surface area contributed by atoms with Crippen molar-refractivity contribution in [3.63, 3.8) is 0 Å². The number of likely N-dealkylation sites (tertiary alicyclic amines) is 1. The fourth-order valence-electron chi connectivity index (χ4n) is 3.59. The number of rotatable bonds is 3. The molecule has 0 N–H and O–H groups in total. The summed E-state index contributed by atoms with van der Waals surface area (Å²) < 4.78 is 14.2. The number of carbonyl (C=O) groups is 1. The lowest BCUT2D eigenvalue weighted by Gasteiger charge is -2.33. The zero-order valence-corrected chi connectivity index (χ0v) is 15.9. The largest absolute Gasteiger partial charge is 0.338 e. The maximum Gasteiger partial charge on any atom is 0.258 e. The molecule has 1 saturated heterocycles. The topological polar surface area (TPSA) is 46.1 Å². The zero-order chi connectivity index (χ0) is 19.5. The van der Waals surface area contributed by atoms with Crippen LogP contribution in [0, 0.1) is 5.82 Å². The fourth-order valence-corrected chi connectivity index (χ4v) is 3.83. The normalized spacial score (nSPS) is 16.8. The predicted octanol–water partition coefficient (Wildman–Crippen LogP) is 4.96. The molecule has 1 fully saturated rings. The number of aromatic nitrogens is 2. The van der Waals surface area contributed by atoms with E-state index >= 15 is 0 Å². The SMILES string of the molecule is O=C(c1c(F)cccc1Cl)N1CCC[C@@H](c2ccnc(-c3ccccc3)n2)C1. The number of hydrogen-bond donors (Lipinski definition) is 0. The molecule has 1 atom stereocenters. The van der Waals surface area contributed by atoms with E-state index in [1.165, 1.54) is 18.2 Å². The average Bonchev–Trinajstić information content (AvgIpc) is 2.74. The highest BCUT2D eigenvalue weighted by Crippen LogP contribution is 2.29. The van der Waals surface area contributed by atoms with Crippen molar-refractivity contribution in [3.8, 4) is 11.4 Å². The minimum atomic E-state index is -0.590. The van der Waals surface area contributed by atoms with E-state index in [-0.39, 0.29) is 22.4 Å². The smallest absolute Gasteiger partial charge is 0.258 e. The van der Waals surface area contributed by atoms with Crippen LogP contribution in [0.2, 0.25) is 5.02 Å². The van der Waals surface area contributed by atoms with Gasteiger partial charge >= 0.3 is 0 Å². The van der Waals surface area contributed by atoms with E-state index in [9.17, 15) is 9.18 Å². The van der Waals surface area contributed by atoms with E-state index in [1.54, 1.807) is 11.1 Å². The van der Waals surface area contributed by atoms with Crippen molar-refractivity contribution in [2.24, 2.45) is 0 Å². The van der Waals surface area contributed by atoms with Crippen LogP contribution in [0.1, 0.15) is 34.8 Å². The second kappa shape index (κ2) is 8.07. The average molecular weight is 396 g/mol. The van der Waals surface area contributed by atoms with Crippen LogP contribution in [-0.2, 0) is 0 Å². The molecule has 2 aromatic carbocycles. The van der Waals surface area contributed by atoms with Gasteiger partial charge in [-0.3, -0.25) is 4.79 Å². The molecular weight excluding hydrogens is 377 g/mol. The molecule has 4 nitrogen and oxygen atoms in total. The molecule has 3 aromatic rings. The van der Waals surface area contributed by atoms with Crippen molar-refractivity contribution < 1.29 is 9.18 Å². The molecule has 0 radical (unpaired) electrons. The molecule has 0 saturated carbocycles. The predicted molar refractivity (Wildman–Crippen MR) is 107 cm³/mol. The summed E-state index contributed by atoms with van der Waals surface area (Å²) in [5.41, 5.74) is 1.79. The first-order valence-electron chi connectivity index (χ1n) is 9.25. The molecule has 1 aliphatic heterocycles. The number of amides is 1. The third-order valence-corrected chi connectivity index (χ3v) is 5.33. The summed E-state index contributed by atoms with van der Waals surface area (Å²) in [5, 5.41) is 0.139. The van der Waals surface area contributed by atoms with Gasteiger partial charge in [-0.15, -0.1) is 0 Å². The highest BCUT2D eigenvalue weighted by molar-refractivity contribution is 6.33. The number of halogens is 2. The lowest BCUT2D eigenvalue weighted by molar-refractivity contribution is 0.0701. The molecule has 6 heteroatoms. The van der Waals surface area contributed by atoms with Gasteiger partial charge in [-0.25, -0.2) is 14.4 Å². The Labute approximate surface area is 168 Å². The molecule has 2 heterocycles. The van der Waals surface area contributed by atoms with Crippen molar-refractivity contribution >= 4 is 17.5 Å². The van der Waals surface area contributed by atoms with Crippen molar-refractivity contribution in [2.75, 3.05) is 13.1 Å². The zero-order valence-electron chi connectivity index (χ0n) is 15.2. The van der Waals surface area contributed by atoms with Crippen LogP contribution in [0.4, 0.5) is 4.39 Å². The Hall–Kier alpha value is -2.79. The summed E-state index contributed by atoms with van der Waals surface area (Å²) in [7, 11) is 0. The Balaban J connectivity index is 1.57. The van der Waals surface area contributed by atoms with E-state index in [2.05, 4.69) is 4.98 Å². The first-order chi connectivity index (χ1) is 13.6. The van der Waals surface area contributed by atoms with Gasteiger partial charge in [-0.05, 0) is 31.0 Å². The number of benzene rings is 2. The standard InChI is InChI=1S/C22H19ClFN3O/c23-17-9-4-10-18(24)20(17)22(28)27-13-5-8-16(14-27)19-11-12-25-21(26-19)15-6-2-1-3-7-15/h1-4,6-7,9-12,16H,5,8,13-14H2/t16-/m1/s1. The number of hydrogen-bond acceptors (Lipinski definition) is 3. The van der Waals surface area contributed by atoms with Gasteiger partial charge in [0.15, 0.2) is 5.82 Å². The number of carbonyl (C=O) groups excluding carboxylic acids is 1. The van der Waals surface area contributed by atoms with Crippen LogP contribution in [0.15, 0.2) is 60.8 Å². The van der Waals surface area contributed by atoms with Crippen LogP contribution < -0.4 is 0 Å². The first-order valence-corrected chi connectivity index (χ1v) is 9.63. The van der Waals surface area contributed by atoms with Crippen molar-refractivity contribution in [3.05, 3.63) is 82.9 Å². The van der Waals surface area contributed by atoms with E-state index in [0.29, 0.717) is 18.9 Å². The highest BCUT2D eigenvalue weighted by atomic mass is 35.5. The minimum absolute atomic E-state index is 0.0579. The van der Waals surface area contributed by atoms with Gasteiger partial charge in [0.1, 0.15) is 5.82 Å². The summed E-state index contributed by atoms with van der Waals surface area (Å²) in [5.74, 6) is -0.217. The second-order valence-electron chi connectivity index (χ2n) is 6.86. The molecule has 4 rings (SSSR count). The maximum absolute atomic E-state index is 14.2. The molecule has 0 unspecified atom stereocenters. The Bertz CT molecular complexity index is 976. The number of nitrogens with zero attached hydrogens (tertiary/aromatic N) is 3. The van der Waals surface area contributed by atoms with Crippen molar-refractivity contribution in [1.82, 2.24) is 14.9 Å². The summed E-state index contributed by atoms with van der Waals surface area (Å²) in [4.78, 5) is 23.6. The van der Waals surface area contributed by atoms with E-state index in [0.717, 1.165) is 24.1 Å². The van der Waals surface area contributed by atoms with Gasteiger partial charge in [0.2, 0.25) is 0 Å². The molecule has 1 aromatic heterocycles. The highest BCUT2D eigenvalue weighted by Gasteiger charge is 2.29. The summed E-state index contributed by atoms with van der Waals surface area (Å²) >= 11 is 6.08. The van der Waals surface area contributed by atoms with Crippen LogP contribution in [0.25, 0.3) is 11.4 Å². The van der Waals surface area contributed by atoms with Gasteiger partial charge in [0.25, 0.3) is 5.91 Å². The van der Waals surface area contributed by atoms with E-state index in [4.69, 9.17) is 16.6 Å². The van der Waals surface area contributed by atoms with Crippen molar-refractivity contribution in [2.45, 2.75) is 18.8 Å². The Kier molecular flexibility index (Phi) is 5.35. The third kappa shape index (κ3) is 3.76. The van der Waals surface area contributed by atoms with Gasteiger partial charge in [0.05, 0.1) is 10.6 Å². The quantitative estimate of drug-likeness (QED) is 0.630. The first kappa shape index (κ1) is 18.6. The molecule has 0 aliphatic carbocycles. The molecule has 142 valence electrons. The minimum Gasteiger partial charge on any atom is -0.338 e. The Morgan fingerprint density at radius 2 is 1.93 bits per heavy atom. The van der Waals surface area contributed by atoms with Crippen LogP contribution >= 0.6 is 11.6 Å². The Morgan fingerprint density at radius 1 is 1.11 bits per heavy atom. The van der Waals surface area contributed by atoms with Crippen LogP contribution in [0.3, 0.4) is 0 Å². The summed E-state index contributed by atoms with van der Waals surface area (Å²) in [6, 6.07) is 16.0. The van der Waals surface area contributed by atoms with Gasteiger partial charge in [-0.2, -0.15) is 0 Å². The van der Waals surface area contributed by atoms with Crippen LogP contribution in [0.5, 0.6) is 0 Å². The van der Waals surface area contributed by atoms with Crippen LogP contribution in [-0.4, -0.2) is 33.9 Å². The Morgan fingerprint density at radius 3 is 2.71 bits per heavy atom. The monoisotopic (exact) mass is 395 g/mol. The molecule has 1 amide bonds. The van der Waals surface area contributed by atoms with Gasteiger partial charge in [-0.1, -0.05) is 48.0 Å². The molecular formula is C22H19ClFN3O. The molecule has 0 spiro atoms. The van der Waals surface area contributed by atoms with Crippen molar-refractivity contribution in [1.29, 1.82) is 0 Å². The maximum atomic E-state index is 14.2. The van der Waals surface area contributed by atoms with E-state index < -0.39 is 5.82 Å². The number of piperidine rings is 1.